The van der Waals surface area contributed by atoms with E-state index in [1.807, 2.05) is 13.8 Å². The number of carbonyl (C=O) groups excluding carboxylic acids is 1. The van der Waals surface area contributed by atoms with E-state index in [2.05, 4.69) is 5.32 Å². The van der Waals surface area contributed by atoms with Crippen LogP contribution in [-0.2, 0) is 4.79 Å². The maximum Gasteiger partial charge on any atom is 0.237 e. The number of aryl methyl sites for hydroxylation is 1. The second-order valence-corrected chi connectivity index (χ2v) is 4.25. The van der Waals surface area contributed by atoms with Crippen LogP contribution in [-0.4, -0.2) is 11.9 Å². The number of nitrogens with two attached hydrogens (primary N) is 1. The molecular formula is C13H20ClFN2O. The maximum absolute atomic E-state index is 13.4. The van der Waals surface area contributed by atoms with Crippen molar-refractivity contribution in [2.45, 2.75) is 39.3 Å². The Morgan fingerprint density at radius 1 is 1.50 bits per heavy atom. The molecule has 0 aliphatic rings. The van der Waals surface area contributed by atoms with Crippen molar-refractivity contribution in [3.8, 4) is 0 Å². The molecule has 1 rings (SSSR count). The van der Waals surface area contributed by atoms with Gasteiger partial charge in [0.25, 0.3) is 0 Å². The van der Waals surface area contributed by atoms with Gasteiger partial charge in [-0.05, 0) is 37.5 Å². The van der Waals surface area contributed by atoms with Crippen molar-refractivity contribution < 1.29 is 9.18 Å². The molecule has 1 aromatic carbocycles. The van der Waals surface area contributed by atoms with Gasteiger partial charge in [0, 0.05) is 0 Å². The van der Waals surface area contributed by atoms with Crippen molar-refractivity contribution in [1.29, 1.82) is 0 Å². The summed E-state index contributed by atoms with van der Waals surface area (Å²) in [5.74, 6) is -0.468. The number of carbonyl (C=O) groups is 1. The normalized spacial score (nSPS) is 13.4. The highest BCUT2D eigenvalue weighted by Gasteiger charge is 2.15. The Labute approximate surface area is 113 Å². The first-order valence-corrected chi connectivity index (χ1v) is 5.77. The Hall–Kier alpha value is -1.13. The largest absolute Gasteiger partial charge is 0.348 e. The minimum atomic E-state index is -0.507. The van der Waals surface area contributed by atoms with Crippen molar-refractivity contribution in [1.82, 2.24) is 5.32 Å². The Kier molecular flexibility index (Phi) is 6.88. The van der Waals surface area contributed by atoms with Gasteiger partial charge in [-0.3, -0.25) is 4.79 Å². The first-order valence-electron chi connectivity index (χ1n) is 5.77. The number of amides is 1. The van der Waals surface area contributed by atoms with Crippen molar-refractivity contribution in [2.75, 3.05) is 0 Å². The Morgan fingerprint density at radius 2 is 2.11 bits per heavy atom. The lowest BCUT2D eigenvalue weighted by Gasteiger charge is -2.17. The molecule has 0 saturated carbocycles. The number of nitrogens with one attached hydrogen (secondary N) is 1. The Morgan fingerprint density at radius 3 is 2.61 bits per heavy atom. The fourth-order valence-corrected chi connectivity index (χ4v) is 1.47. The molecule has 5 heteroatoms. The van der Waals surface area contributed by atoms with E-state index >= 15 is 0 Å². The molecule has 1 aromatic rings. The first-order chi connectivity index (χ1) is 7.95. The highest BCUT2D eigenvalue weighted by atomic mass is 35.5. The molecule has 0 heterocycles. The Bertz CT molecular complexity index is 412. The van der Waals surface area contributed by atoms with E-state index in [1.165, 1.54) is 6.07 Å². The standard InChI is InChI=1S/C13H19FN2O.ClH/c1-4-12(15)13(17)16-9(3)10-6-5-8(2)11(14)7-10;/h5-7,9,12H,4,15H2,1-3H3,(H,16,17);1H/t9?,12-;/m0./s1. The molecule has 0 spiro atoms. The van der Waals surface area contributed by atoms with E-state index in [1.54, 1.807) is 19.1 Å². The molecule has 0 aliphatic carbocycles. The summed E-state index contributed by atoms with van der Waals surface area (Å²) in [4.78, 5) is 11.6. The van der Waals surface area contributed by atoms with Gasteiger partial charge in [0.1, 0.15) is 5.82 Å². The van der Waals surface area contributed by atoms with Crippen LogP contribution in [0.2, 0.25) is 0 Å². The van der Waals surface area contributed by atoms with Crippen LogP contribution in [0.1, 0.15) is 37.4 Å². The van der Waals surface area contributed by atoms with Gasteiger partial charge in [-0.25, -0.2) is 4.39 Å². The summed E-state index contributed by atoms with van der Waals surface area (Å²) in [6.07, 6.45) is 0.584. The zero-order valence-corrected chi connectivity index (χ0v) is 11.7. The molecule has 1 amide bonds. The summed E-state index contributed by atoms with van der Waals surface area (Å²) in [5, 5.41) is 2.76. The molecule has 18 heavy (non-hydrogen) atoms. The van der Waals surface area contributed by atoms with Crippen LogP contribution in [0.5, 0.6) is 0 Å². The third-order valence-electron chi connectivity index (χ3n) is 2.83. The van der Waals surface area contributed by atoms with E-state index < -0.39 is 6.04 Å². The summed E-state index contributed by atoms with van der Waals surface area (Å²) in [6, 6.07) is 4.20. The van der Waals surface area contributed by atoms with Crippen LogP contribution >= 0.6 is 12.4 Å². The molecule has 1 unspecified atom stereocenters. The number of hydrogen-bond donors (Lipinski definition) is 2. The minimum Gasteiger partial charge on any atom is -0.348 e. The predicted molar refractivity (Wildman–Crippen MR) is 73.2 cm³/mol. The molecule has 0 aromatic heterocycles. The fraction of sp³-hybridized carbons (Fsp3) is 0.462. The third kappa shape index (κ3) is 4.27. The first kappa shape index (κ1) is 16.9. The quantitative estimate of drug-likeness (QED) is 0.886. The van der Waals surface area contributed by atoms with Gasteiger partial charge in [0.2, 0.25) is 5.91 Å². The highest BCUT2D eigenvalue weighted by molar-refractivity contribution is 5.85. The molecular weight excluding hydrogens is 255 g/mol. The highest BCUT2D eigenvalue weighted by Crippen LogP contribution is 2.16. The van der Waals surface area contributed by atoms with E-state index in [9.17, 15) is 9.18 Å². The zero-order chi connectivity index (χ0) is 13.0. The summed E-state index contributed by atoms with van der Waals surface area (Å²) in [7, 11) is 0. The second kappa shape index (κ2) is 7.34. The van der Waals surface area contributed by atoms with Gasteiger partial charge < -0.3 is 11.1 Å². The van der Waals surface area contributed by atoms with Gasteiger partial charge in [-0.2, -0.15) is 0 Å². The van der Waals surface area contributed by atoms with Gasteiger partial charge in [-0.1, -0.05) is 19.1 Å². The zero-order valence-electron chi connectivity index (χ0n) is 10.9. The Balaban J connectivity index is 0.00000289. The maximum atomic E-state index is 13.4. The molecule has 0 saturated heterocycles. The lowest BCUT2D eigenvalue weighted by atomic mass is 10.1. The van der Waals surface area contributed by atoms with Crippen LogP contribution in [0.25, 0.3) is 0 Å². The van der Waals surface area contributed by atoms with Gasteiger partial charge in [0.05, 0.1) is 12.1 Å². The van der Waals surface area contributed by atoms with E-state index in [4.69, 9.17) is 5.73 Å². The molecule has 0 radical (unpaired) electrons. The lowest BCUT2D eigenvalue weighted by molar-refractivity contribution is -0.123. The summed E-state index contributed by atoms with van der Waals surface area (Å²) in [6.45, 7) is 5.36. The number of hydrogen-bond acceptors (Lipinski definition) is 2. The predicted octanol–water partition coefficient (Wildman–Crippen LogP) is 2.47. The molecule has 3 nitrogen and oxygen atoms in total. The topological polar surface area (TPSA) is 55.1 Å². The molecule has 102 valence electrons. The molecule has 3 N–H and O–H groups in total. The third-order valence-corrected chi connectivity index (χ3v) is 2.83. The average molecular weight is 275 g/mol. The van der Waals surface area contributed by atoms with Gasteiger partial charge in [-0.15, -0.1) is 12.4 Å². The van der Waals surface area contributed by atoms with Crippen LogP contribution in [0, 0.1) is 12.7 Å². The smallest absolute Gasteiger partial charge is 0.237 e. The van der Waals surface area contributed by atoms with E-state index in [0.717, 1.165) is 5.56 Å². The number of rotatable bonds is 4. The van der Waals surface area contributed by atoms with E-state index in [0.29, 0.717) is 12.0 Å². The van der Waals surface area contributed by atoms with Gasteiger partial charge >= 0.3 is 0 Å². The molecule has 0 fully saturated rings. The van der Waals surface area contributed by atoms with Crippen LogP contribution in [0.15, 0.2) is 18.2 Å². The summed E-state index contributed by atoms with van der Waals surface area (Å²) in [5.41, 5.74) is 6.95. The summed E-state index contributed by atoms with van der Waals surface area (Å²) < 4.78 is 13.4. The van der Waals surface area contributed by atoms with E-state index in [-0.39, 0.29) is 30.2 Å². The molecule has 2 atom stereocenters. The number of benzene rings is 1. The van der Waals surface area contributed by atoms with Gasteiger partial charge in [0.15, 0.2) is 0 Å². The average Bonchev–Trinajstić information content (AvgIpc) is 2.31. The monoisotopic (exact) mass is 274 g/mol. The van der Waals surface area contributed by atoms with Crippen molar-refractivity contribution in [3.05, 3.63) is 35.1 Å². The fourth-order valence-electron chi connectivity index (χ4n) is 1.47. The SMILES string of the molecule is CC[C@H](N)C(=O)NC(C)c1ccc(C)c(F)c1.Cl. The van der Waals surface area contributed by atoms with Crippen LogP contribution in [0.4, 0.5) is 4.39 Å². The van der Waals surface area contributed by atoms with Crippen molar-refractivity contribution in [3.63, 3.8) is 0 Å². The minimum absolute atomic E-state index is 0. The number of halogens is 2. The van der Waals surface area contributed by atoms with Crippen LogP contribution < -0.4 is 11.1 Å². The van der Waals surface area contributed by atoms with Crippen molar-refractivity contribution >= 4 is 18.3 Å². The molecule has 0 aliphatic heterocycles. The second-order valence-electron chi connectivity index (χ2n) is 4.25. The van der Waals surface area contributed by atoms with Crippen molar-refractivity contribution in [2.24, 2.45) is 5.73 Å². The lowest BCUT2D eigenvalue weighted by Crippen LogP contribution is -2.41. The van der Waals surface area contributed by atoms with Crippen LogP contribution in [0.3, 0.4) is 0 Å². The summed E-state index contributed by atoms with van der Waals surface area (Å²) >= 11 is 0. The molecule has 0 bridgehead atoms.